The lowest BCUT2D eigenvalue weighted by molar-refractivity contribution is -0.138. The smallest absolute Gasteiger partial charge is 0.302 e. The lowest BCUT2D eigenvalue weighted by Crippen LogP contribution is -2.12. The second-order valence-corrected chi connectivity index (χ2v) is 8.20. The van der Waals surface area contributed by atoms with E-state index in [1.54, 1.807) is 6.07 Å². The predicted octanol–water partition coefficient (Wildman–Crippen LogP) is 5.40. The van der Waals surface area contributed by atoms with Crippen molar-refractivity contribution in [1.29, 1.82) is 5.26 Å². The van der Waals surface area contributed by atoms with E-state index < -0.39 is 17.3 Å². The third-order valence-electron chi connectivity index (χ3n) is 3.86. The van der Waals surface area contributed by atoms with Crippen molar-refractivity contribution >= 4 is 44.4 Å². The number of nitriles is 1. The maximum atomic E-state index is 13.1. The molecule has 0 radical (unpaired) electrons. The number of hydrogen-bond donors (Lipinski definition) is 1. The van der Waals surface area contributed by atoms with Crippen LogP contribution in [0.25, 0.3) is 10.2 Å². The number of thioether (sulfide) groups is 1. The second-order valence-electron chi connectivity index (χ2n) is 6.09. The van der Waals surface area contributed by atoms with Gasteiger partial charge in [0.15, 0.2) is 5.13 Å². The van der Waals surface area contributed by atoms with Crippen molar-refractivity contribution in [3.05, 3.63) is 47.2 Å². The number of aromatic nitrogens is 2. The summed E-state index contributed by atoms with van der Waals surface area (Å²) in [5.74, 6) is 0.133. The standard InChI is InChI=1S/C19H15F3N4OS2/c1-11-9-13(19(20,21)22)12(10-23)17(24-11)28-8-4-7-16(27)26-18-25-14-5-2-3-6-15(14)29-18/h2-3,5-6,9H,4,7-8H2,1H3,(H,25,26,27). The molecular weight excluding hydrogens is 421 g/mol. The van der Waals surface area contributed by atoms with Gasteiger partial charge in [-0.2, -0.15) is 18.4 Å². The molecule has 1 N–H and O–H groups in total. The summed E-state index contributed by atoms with van der Waals surface area (Å²) in [6, 6.07) is 10.00. The number of fused-ring (bicyclic) bond motifs is 1. The molecule has 0 spiro atoms. The third-order valence-corrected chi connectivity index (χ3v) is 5.87. The van der Waals surface area contributed by atoms with Gasteiger partial charge in [0, 0.05) is 17.9 Å². The van der Waals surface area contributed by atoms with Crippen LogP contribution in [-0.4, -0.2) is 21.6 Å². The number of alkyl halides is 3. The Morgan fingerprint density at radius 3 is 2.76 bits per heavy atom. The van der Waals surface area contributed by atoms with E-state index in [1.165, 1.54) is 18.3 Å². The van der Waals surface area contributed by atoms with E-state index in [0.717, 1.165) is 28.0 Å². The Morgan fingerprint density at radius 1 is 1.31 bits per heavy atom. The van der Waals surface area contributed by atoms with Gasteiger partial charge in [-0.05, 0) is 31.5 Å². The molecule has 0 aliphatic carbocycles. The number of nitrogens with one attached hydrogen (secondary N) is 1. The summed E-state index contributed by atoms with van der Waals surface area (Å²) in [6.45, 7) is 1.45. The number of para-hydroxylation sites is 1. The normalized spacial score (nSPS) is 11.4. The van der Waals surface area contributed by atoms with E-state index in [0.29, 0.717) is 17.3 Å². The monoisotopic (exact) mass is 436 g/mol. The molecule has 2 aromatic heterocycles. The van der Waals surface area contributed by atoms with Gasteiger partial charge in [-0.15, -0.1) is 11.8 Å². The second kappa shape index (κ2) is 8.80. The van der Waals surface area contributed by atoms with E-state index in [-0.39, 0.29) is 23.0 Å². The van der Waals surface area contributed by atoms with Crippen molar-refractivity contribution in [3.63, 3.8) is 0 Å². The molecule has 0 saturated carbocycles. The lowest BCUT2D eigenvalue weighted by Gasteiger charge is -2.12. The molecule has 29 heavy (non-hydrogen) atoms. The molecule has 0 aliphatic rings. The van der Waals surface area contributed by atoms with Crippen molar-refractivity contribution in [2.45, 2.75) is 31.0 Å². The highest BCUT2D eigenvalue weighted by Crippen LogP contribution is 2.36. The Morgan fingerprint density at radius 2 is 2.07 bits per heavy atom. The Bertz CT molecular complexity index is 1060. The minimum atomic E-state index is -4.62. The van der Waals surface area contributed by atoms with E-state index in [2.05, 4.69) is 15.3 Å². The summed E-state index contributed by atoms with van der Waals surface area (Å²) in [5, 5.41) is 12.4. The van der Waals surface area contributed by atoms with E-state index in [9.17, 15) is 18.0 Å². The van der Waals surface area contributed by atoms with Gasteiger partial charge in [0.2, 0.25) is 5.91 Å². The molecule has 3 rings (SSSR count). The first-order valence-corrected chi connectivity index (χ1v) is 10.4. The summed E-state index contributed by atoms with van der Waals surface area (Å²) in [4.78, 5) is 20.5. The maximum absolute atomic E-state index is 13.1. The SMILES string of the molecule is Cc1cc(C(F)(F)F)c(C#N)c(SCCCC(=O)Nc2nc3ccccc3s2)n1. The van der Waals surface area contributed by atoms with Crippen molar-refractivity contribution in [2.75, 3.05) is 11.1 Å². The molecule has 0 atom stereocenters. The average Bonchev–Trinajstić information content (AvgIpc) is 3.06. The fraction of sp³-hybridized carbons (Fsp3) is 0.263. The number of hydrogen-bond acceptors (Lipinski definition) is 6. The van der Waals surface area contributed by atoms with Crippen LogP contribution in [0.15, 0.2) is 35.4 Å². The Kier molecular flexibility index (Phi) is 6.39. The van der Waals surface area contributed by atoms with Crippen molar-refractivity contribution in [3.8, 4) is 6.07 Å². The number of amides is 1. The quantitative estimate of drug-likeness (QED) is 0.413. The fourth-order valence-corrected chi connectivity index (χ4v) is 4.46. The number of anilines is 1. The van der Waals surface area contributed by atoms with Crippen LogP contribution in [0.1, 0.15) is 29.7 Å². The Labute approximate surface area is 173 Å². The summed E-state index contributed by atoms with van der Waals surface area (Å²) >= 11 is 2.41. The minimum absolute atomic E-state index is 0.0337. The number of rotatable bonds is 6. The number of benzene rings is 1. The predicted molar refractivity (Wildman–Crippen MR) is 107 cm³/mol. The molecule has 1 amide bonds. The lowest BCUT2D eigenvalue weighted by atomic mass is 10.1. The van der Waals surface area contributed by atoms with Gasteiger partial charge in [-0.25, -0.2) is 9.97 Å². The van der Waals surface area contributed by atoms with Crippen LogP contribution in [0.2, 0.25) is 0 Å². The highest BCUT2D eigenvalue weighted by Gasteiger charge is 2.35. The van der Waals surface area contributed by atoms with Gasteiger partial charge >= 0.3 is 6.18 Å². The van der Waals surface area contributed by atoms with Gasteiger partial charge in [-0.1, -0.05) is 23.5 Å². The molecule has 10 heteroatoms. The molecule has 0 fully saturated rings. The molecule has 150 valence electrons. The number of thiazole rings is 1. The summed E-state index contributed by atoms with van der Waals surface area (Å²) in [7, 11) is 0. The average molecular weight is 436 g/mol. The van der Waals surface area contributed by atoms with Crippen molar-refractivity contribution in [2.24, 2.45) is 0 Å². The molecule has 0 aliphatic heterocycles. The number of halogens is 3. The zero-order chi connectivity index (χ0) is 21.0. The number of aryl methyl sites for hydroxylation is 1. The zero-order valence-electron chi connectivity index (χ0n) is 15.2. The van der Waals surface area contributed by atoms with Crippen molar-refractivity contribution < 1.29 is 18.0 Å². The van der Waals surface area contributed by atoms with Gasteiger partial charge in [0.05, 0.1) is 21.3 Å². The van der Waals surface area contributed by atoms with Crippen molar-refractivity contribution in [1.82, 2.24) is 9.97 Å². The molecule has 0 unspecified atom stereocenters. The number of carbonyl (C=O) groups is 1. The summed E-state index contributed by atoms with van der Waals surface area (Å²) < 4.78 is 40.3. The van der Waals surface area contributed by atoms with Crippen LogP contribution in [0, 0.1) is 18.3 Å². The fourth-order valence-electron chi connectivity index (χ4n) is 2.59. The number of carbonyl (C=O) groups excluding carboxylic acids is 1. The van der Waals surface area contributed by atoms with E-state index in [4.69, 9.17) is 5.26 Å². The first-order valence-electron chi connectivity index (χ1n) is 8.55. The van der Waals surface area contributed by atoms with Gasteiger partial charge in [-0.3, -0.25) is 4.79 Å². The Hall–Kier alpha value is -2.64. The van der Waals surface area contributed by atoms with Gasteiger partial charge < -0.3 is 5.32 Å². The molecule has 0 bridgehead atoms. The molecule has 1 aromatic carbocycles. The van der Waals surface area contributed by atoms with Crippen LogP contribution < -0.4 is 5.32 Å². The molecule has 3 aromatic rings. The minimum Gasteiger partial charge on any atom is -0.302 e. The van der Waals surface area contributed by atoms with Crippen LogP contribution in [0.4, 0.5) is 18.3 Å². The van der Waals surface area contributed by atoms with E-state index in [1.807, 2.05) is 24.3 Å². The molecule has 5 nitrogen and oxygen atoms in total. The first kappa shape index (κ1) is 21.1. The highest BCUT2D eigenvalue weighted by molar-refractivity contribution is 7.99. The molecule has 0 saturated heterocycles. The molecular formula is C19H15F3N4OS2. The topological polar surface area (TPSA) is 78.7 Å². The van der Waals surface area contributed by atoms with Crippen LogP contribution in [0.3, 0.4) is 0 Å². The van der Waals surface area contributed by atoms with Gasteiger partial charge in [0.25, 0.3) is 0 Å². The zero-order valence-corrected chi connectivity index (χ0v) is 16.8. The van der Waals surface area contributed by atoms with Crippen LogP contribution in [-0.2, 0) is 11.0 Å². The molecule has 2 heterocycles. The third kappa shape index (κ3) is 5.25. The largest absolute Gasteiger partial charge is 0.417 e. The number of nitrogens with zero attached hydrogens (tertiary/aromatic N) is 3. The summed E-state index contributed by atoms with van der Waals surface area (Å²) in [6.07, 6.45) is -4.02. The van der Waals surface area contributed by atoms with Gasteiger partial charge in [0.1, 0.15) is 11.1 Å². The highest BCUT2D eigenvalue weighted by atomic mass is 32.2. The maximum Gasteiger partial charge on any atom is 0.417 e. The summed E-state index contributed by atoms with van der Waals surface area (Å²) in [5.41, 5.74) is -0.471. The van der Waals surface area contributed by atoms with Crippen LogP contribution in [0.5, 0.6) is 0 Å². The Balaban J connectivity index is 1.57. The first-order chi connectivity index (χ1) is 13.8. The van der Waals surface area contributed by atoms with Crippen LogP contribution >= 0.6 is 23.1 Å². The van der Waals surface area contributed by atoms with E-state index >= 15 is 0 Å². The number of pyridine rings is 1.